The summed E-state index contributed by atoms with van der Waals surface area (Å²) in [6, 6.07) is 0. The Morgan fingerprint density at radius 2 is 2.25 bits per heavy atom. The fourth-order valence-corrected chi connectivity index (χ4v) is 2.97. The number of nitrogens with one attached hydrogen (secondary N) is 1. The lowest BCUT2D eigenvalue weighted by Crippen LogP contribution is -2.42. The molecule has 0 bridgehead atoms. The Kier molecular flexibility index (Phi) is 6.75. The monoisotopic (exact) mass is 355 g/mol. The molecule has 1 aliphatic heterocycles. The van der Waals surface area contributed by atoms with Gasteiger partial charge >= 0.3 is 0 Å². The van der Waals surface area contributed by atoms with Crippen molar-refractivity contribution in [1.29, 1.82) is 0 Å². The molecule has 1 rings (SSSR count). The predicted molar refractivity (Wildman–Crippen MR) is 76.3 cm³/mol. The second kappa shape index (κ2) is 7.55. The van der Waals surface area contributed by atoms with Crippen LogP contribution in [0.4, 0.5) is 0 Å². The Balaban J connectivity index is 2.58. The van der Waals surface area contributed by atoms with Gasteiger partial charge in [0.1, 0.15) is 0 Å². The minimum atomic E-state index is -0.209. The first-order chi connectivity index (χ1) is 7.75. The van der Waals surface area contributed by atoms with E-state index in [0.29, 0.717) is 13.2 Å². The van der Waals surface area contributed by atoms with Gasteiger partial charge in [0.2, 0.25) is 5.91 Å². The van der Waals surface area contributed by atoms with E-state index >= 15 is 0 Å². The van der Waals surface area contributed by atoms with Gasteiger partial charge in [0.05, 0.1) is 5.41 Å². The molecule has 1 fully saturated rings. The molecule has 1 saturated heterocycles. The number of hydrogen-bond donors (Lipinski definition) is 1. The van der Waals surface area contributed by atoms with Crippen molar-refractivity contribution >= 4 is 36.2 Å². The molecule has 0 unspecified atom stereocenters. The molecule has 0 saturated carbocycles. The number of rotatable bonds is 6. The van der Waals surface area contributed by atoms with Gasteiger partial charge in [-0.2, -0.15) is 0 Å². The standard InChI is InChI=1S/C11H18INO2S/c1-2-3-4-5-11(10(14)13-16-12)6-8-15-9-7-11/h2H,1,3-9H2,(H,13,14). The van der Waals surface area contributed by atoms with E-state index in [4.69, 9.17) is 4.74 Å². The molecule has 1 aliphatic rings. The highest BCUT2D eigenvalue weighted by Gasteiger charge is 2.39. The molecule has 0 aromatic carbocycles. The van der Waals surface area contributed by atoms with Crippen molar-refractivity contribution in [2.24, 2.45) is 5.41 Å². The lowest BCUT2D eigenvalue weighted by Gasteiger charge is -2.35. The summed E-state index contributed by atoms with van der Waals surface area (Å²) in [7, 11) is 1.35. The molecule has 16 heavy (non-hydrogen) atoms. The minimum absolute atomic E-state index is 0.166. The van der Waals surface area contributed by atoms with E-state index in [1.807, 2.05) is 6.08 Å². The largest absolute Gasteiger partial charge is 0.381 e. The van der Waals surface area contributed by atoms with Crippen molar-refractivity contribution in [2.45, 2.75) is 32.1 Å². The quantitative estimate of drug-likeness (QED) is 0.344. The van der Waals surface area contributed by atoms with E-state index in [0.717, 1.165) is 32.1 Å². The molecule has 0 spiro atoms. The maximum atomic E-state index is 12.1. The predicted octanol–water partition coefficient (Wildman–Crippen LogP) is 3.25. The third kappa shape index (κ3) is 3.92. The summed E-state index contributed by atoms with van der Waals surface area (Å²) < 4.78 is 8.22. The molecule has 1 heterocycles. The fraction of sp³-hybridized carbons (Fsp3) is 0.727. The normalized spacial score (nSPS) is 19.1. The number of ether oxygens (including phenoxy) is 1. The average Bonchev–Trinajstić information content (AvgIpc) is 2.31. The van der Waals surface area contributed by atoms with Crippen LogP contribution in [0.3, 0.4) is 0 Å². The molecule has 1 amide bonds. The molecule has 0 atom stereocenters. The van der Waals surface area contributed by atoms with E-state index in [2.05, 4.69) is 32.5 Å². The van der Waals surface area contributed by atoms with Crippen molar-refractivity contribution in [3.05, 3.63) is 12.7 Å². The van der Waals surface area contributed by atoms with Crippen LogP contribution >= 0.6 is 30.3 Å². The van der Waals surface area contributed by atoms with Gasteiger partial charge in [0.15, 0.2) is 0 Å². The van der Waals surface area contributed by atoms with E-state index in [-0.39, 0.29) is 11.3 Å². The number of halogens is 1. The Labute approximate surface area is 113 Å². The molecule has 0 aliphatic carbocycles. The van der Waals surface area contributed by atoms with Gasteiger partial charge in [-0.1, -0.05) is 6.08 Å². The molecule has 0 radical (unpaired) electrons. The van der Waals surface area contributed by atoms with Gasteiger partial charge in [0, 0.05) is 43.5 Å². The second-order valence-corrected chi connectivity index (χ2v) is 5.76. The average molecular weight is 355 g/mol. The Morgan fingerprint density at radius 3 is 2.81 bits per heavy atom. The van der Waals surface area contributed by atoms with Crippen LogP contribution in [-0.2, 0) is 9.53 Å². The van der Waals surface area contributed by atoms with Crippen LogP contribution in [0.2, 0.25) is 0 Å². The van der Waals surface area contributed by atoms with Crippen LogP contribution < -0.4 is 4.72 Å². The highest BCUT2D eigenvalue weighted by atomic mass is 127. The van der Waals surface area contributed by atoms with Crippen LogP contribution in [0.25, 0.3) is 0 Å². The van der Waals surface area contributed by atoms with Crippen LogP contribution in [0, 0.1) is 5.41 Å². The molecule has 3 nitrogen and oxygen atoms in total. The minimum Gasteiger partial charge on any atom is -0.381 e. The molecule has 0 aromatic rings. The van der Waals surface area contributed by atoms with Crippen LogP contribution in [-0.4, -0.2) is 19.1 Å². The second-order valence-electron chi connectivity index (χ2n) is 4.08. The third-order valence-corrected chi connectivity index (χ3v) is 4.05. The molecule has 0 aromatic heterocycles. The Bertz CT molecular complexity index is 242. The van der Waals surface area contributed by atoms with E-state index < -0.39 is 0 Å². The highest BCUT2D eigenvalue weighted by Crippen LogP contribution is 2.37. The van der Waals surface area contributed by atoms with Gasteiger partial charge in [-0.15, -0.1) is 6.58 Å². The molecule has 5 heteroatoms. The van der Waals surface area contributed by atoms with Gasteiger partial charge in [-0.3, -0.25) is 9.52 Å². The van der Waals surface area contributed by atoms with Gasteiger partial charge in [-0.25, -0.2) is 0 Å². The van der Waals surface area contributed by atoms with Crippen LogP contribution in [0.5, 0.6) is 0 Å². The number of amides is 1. The van der Waals surface area contributed by atoms with Crippen molar-refractivity contribution in [3.63, 3.8) is 0 Å². The summed E-state index contributed by atoms with van der Waals surface area (Å²) in [5.41, 5.74) is -0.209. The lowest BCUT2D eigenvalue weighted by atomic mass is 9.75. The molecular formula is C11H18INO2S. The Morgan fingerprint density at radius 1 is 1.56 bits per heavy atom. The summed E-state index contributed by atoms with van der Waals surface area (Å²) in [4.78, 5) is 12.1. The summed E-state index contributed by atoms with van der Waals surface area (Å²) in [6.07, 6.45) is 6.54. The number of hydrogen-bond acceptors (Lipinski definition) is 3. The van der Waals surface area contributed by atoms with E-state index in [1.165, 1.54) is 9.12 Å². The first-order valence-corrected chi connectivity index (χ1v) is 8.88. The zero-order chi connectivity index (χ0) is 11.9. The zero-order valence-corrected chi connectivity index (χ0v) is 12.3. The SMILES string of the molecule is C=CCCCC1(C(=O)NSI)CCOCC1. The first-order valence-electron chi connectivity index (χ1n) is 5.52. The maximum absolute atomic E-state index is 12.1. The van der Waals surface area contributed by atoms with Crippen molar-refractivity contribution in [1.82, 2.24) is 4.72 Å². The molecule has 1 N–H and O–H groups in total. The van der Waals surface area contributed by atoms with Gasteiger partial charge in [-0.05, 0) is 32.1 Å². The van der Waals surface area contributed by atoms with Gasteiger partial charge < -0.3 is 4.74 Å². The summed E-state index contributed by atoms with van der Waals surface area (Å²) in [5.74, 6) is 0.166. The highest BCUT2D eigenvalue weighted by molar-refractivity contribution is 14.2. The van der Waals surface area contributed by atoms with E-state index in [9.17, 15) is 4.79 Å². The summed E-state index contributed by atoms with van der Waals surface area (Å²) in [6.45, 7) is 5.12. The van der Waals surface area contributed by atoms with Gasteiger partial charge in [0.25, 0.3) is 0 Å². The number of allylic oxidation sites excluding steroid dienone is 1. The Hall–Kier alpha value is 0.250. The van der Waals surface area contributed by atoms with Crippen molar-refractivity contribution < 1.29 is 9.53 Å². The fourth-order valence-electron chi connectivity index (χ4n) is 2.08. The molecular weight excluding hydrogens is 337 g/mol. The van der Waals surface area contributed by atoms with Crippen LogP contribution in [0.1, 0.15) is 32.1 Å². The number of unbranched alkanes of at least 4 members (excludes halogenated alkanes) is 1. The summed E-state index contributed by atoms with van der Waals surface area (Å²) >= 11 is 2.09. The first kappa shape index (κ1) is 14.3. The molecule has 92 valence electrons. The van der Waals surface area contributed by atoms with Crippen molar-refractivity contribution in [2.75, 3.05) is 13.2 Å². The topological polar surface area (TPSA) is 38.3 Å². The van der Waals surface area contributed by atoms with Crippen LogP contribution in [0.15, 0.2) is 12.7 Å². The van der Waals surface area contributed by atoms with Crippen molar-refractivity contribution in [3.8, 4) is 0 Å². The number of carbonyl (C=O) groups is 1. The smallest absolute Gasteiger partial charge is 0.236 e. The zero-order valence-electron chi connectivity index (χ0n) is 9.34. The third-order valence-electron chi connectivity index (χ3n) is 3.13. The number of carbonyl (C=O) groups excluding carboxylic acids is 1. The maximum Gasteiger partial charge on any atom is 0.236 e. The summed E-state index contributed by atoms with van der Waals surface area (Å²) in [5, 5.41) is 0. The van der Waals surface area contributed by atoms with E-state index in [1.54, 1.807) is 0 Å². The lowest BCUT2D eigenvalue weighted by molar-refractivity contribution is -0.135.